The third-order valence-electron chi connectivity index (χ3n) is 10.1. The minimum absolute atomic E-state index is 0.0506. The summed E-state index contributed by atoms with van der Waals surface area (Å²) >= 11 is 6.51. The highest BCUT2D eigenvalue weighted by Gasteiger charge is 2.42. The molecule has 252 valence electrons. The van der Waals surface area contributed by atoms with Crippen molar-refractivity contribution in [2.75, 3.05) is 38.7 Å². The van der Waals surface area contributed by atoms with Crippen molar-refractivity contribution in [3.8, 4) is 0 Å². The molecule has 2 saturated heterocycles. The van der Waals surface area contributed by atoms with E-state index in [4.69, 9.17) is 25.5 Å². The zero-order valence-electron chi connectivity index (χ0n) is 26.6. The van der Waals surface area contributed by atoms with Gasteiger partial charge in [-0.15, -0.1) is 0 Å². The highest BCUT2D eigenvalue weighted by atomic mass is 35.5. The van der Waals surface area contributed by atoms with Crippen LogP contribution in [0, 0.1) is 17.7 Å². The lowest BCUT2D eigenvalue weighted by Gasteiger charge is -2.30. The number of carbonyl (C=O) groups excluding carboxylic acids is 2. The first-order chi connectivity index (χ1) is 22.6. The summed E-state index contributed by atoms with van der Waals surface area (Å²) in [4.78, 5) is 42.3. The van der Waals surface area contributed by atoms with Crippen LogP contribution in [0.1, 0.15) is 54.9 Å². The number of carbonyl (C=O) groups is 3. The fourth-order valence-corrected chi connectivity index (χ4v) is 7.58. The van der Waals surface area contributed by atoms with Crippen LogP contribution in [0.25, 0.3) is 11.0 Å². The van der Waals surface area contributed by atoms with E-state index in [-0.39, 0.29) is 58.8 Å². The first kappa shape index (κ1) is 33.4. The lowest BCUT2D eigenvalue weighted by molar-refractivity contribution is -0.144. The number of likely N-dealkylation sites (tertiary alicyclic amines) is 2. The normalized spacial score (nSPS) is 26.6. The standard InChI is InChI=1S/C35H41ClFN3O7/c1-20-15-39(17-32(20)45-2)23-13-24(18-46-25-9-7-21(8-10-25)35(43)44)40(16-23)33(41)12-22-11-28(36)30(14-29(22)37)38-34(42)27-19-47-31-6-4-3-5-26(27)31/h3-6,11,14,19-21,23-25,32H,7-10,12-13,15-18H2,1-2H3,(H,38,42)(H,43,44)/t20-,21-,23-,24-,25-,32-/m0/s1. The fourth-order valence-electron chi connectivity index (χ4n) is 7.35. The molecule has 2 aromatic carbocycles. The molecule has 3 aromatic rings. The predicted octanol–water partition coefficient (Wildman–Crippen LogP) is 5.62. The molecule has 47 heavy (non-hydrogen) atoms. The van der Waals surface area contributed by atoms with Gasteiger partial charge in [-0.05, 0) is 61.8 Å². The number of aliphatic carboxylic acids is 1. The minimum atomic E-state index is -0.762. The van der Waals surface area contributed by atoms with Gasteiger partial charge >= 0.3 is 5.97 Å². The molecule has 1 aliphatic carbocycles. The van der Waals surface area contributed by atoms with Gasteiger partial charge in [-0.3, -0.25) is 19.3 Å². The van der Waals surface area contributed by atoms with Crippen molar-refractivity contribution in [2.24, 2.45) is 11.8 Å². The Bertz CT molecular complexity index is 1620. The van der Waals surface area contributed by atoms with Gasteiger partial charge in [-0.1, -0.05) is 36.7 Å². The average Bonchev–Trinajstić information content (AvgIpc) is 3.79. The molecule has 0 bridgehead atoms. The molecule has 4 atom stereocenters. The quantitative estimate of drug-likeness (QED) is 0.286. The van der Waals surface area contributed by atoms with Gasteiger partial charge in [0.1, 0.15) is 17.7 Å². The number of nitrogens with zero attached hydrogens (tertiary/aromatic N) is 2. The number of halogens is 2. The van der Waals surface area contributed by atoms with E-state index >= 15 is 4.39 Å². The molecular weight excluding hydrogens is 629 g/mol. The van der Waals surface area contributed by atoms with Crippen LogP contribution in [0.3, 0.4) is 0 Å². The van der Waals surface area contributed by atoms with Crippen molar-refractivity contribution >= 4 is 46.0 Å². The molecule has 10 nitrogen and oxygen atoms in total. The zero-order valence-corrected chi connectivity index (χ0v) is 27.4. The Morgan fingerprint density at radius 1 is 1.11 bits per heavy atom. The average molecular weight is 670 g/mol. The largest absolute Gasteiger partial charge is 0.481 e. The van der Waals surface area contributed by atoms with Gasteiger partial charge in [-0.25, -0.2) is 4.39 Å². The van der Waals surface area contributed by atoms with Crippen LogP contribution in [0.2, 0.25) is 5.02 Å². The van der Waals surface area contributed by atoms with Crippen molar-refractivity contribution in [3.05, 3.63) is 64.6 Å². The molecule has 2 aliphatic heterocycles. The second-order valence-electron chi connectivity index (χ2n) is 13.1. The maximum atomic E-state index is 15.5. The number of benzene rings is 2. The van der Waals surface area contributed by atoms with E-state index in [9.17, 15) is 19.5 Å². The van der Waals surface area contributed by atoms with Crippen LogP contribution in [-0.2, 0) is 25.5 Å². The Morgan fingerprint density at radius 2 is 1.87 bits per heavy atom. The molecule has 0 unspecified atom stereocenters. The highest BCUT2D eigenvalue weighted by Crippen LogP contribution is 2.33. The molecule has 3 heterocycles. The maximum Gasteiger partial charge on any atom is 0.306 e. The van der Waals surface area contributed by atoms with Crippen LogP contribution >= 0.6 is 11.6 Å². The molecule has 12 heteroatoms. The summed E-state index contributed by atoms with van der Waals surface area (Å²) < 4.78 is 32.9. The Labute approximate surface area is 278 Å². The second kappa shape index (κ2) is 14.3. The van der Waals surface area contributed by atoms with E-state index in [0.717, 1.165) is 25.6 Å². The minimum Gasteiger partial charge on any atom is -0.481 e. The van der Waals surface area contributed by atoms with E-state index in [2.05, 4.69) is 17.1 Å². The molecular formula is C35H41ClFN3O7. The summed E-state index contributed by atoms with van der Waals surface area (Å²) in [5.41, 5.74) is 1.08. The lowest BCUT2D eigenvalue weighted by Crippen LogP contribution is -2.41. The number of carboxylic acid groups (broad SMARTS) is 1. The van der Waals surface area contributed by atoms with Crippen LogP contribution < -0.4 is 5.32 Å². The van der Waals surface area contributed by atoms with Gasteiger partial charge in [-0.2, -0.15) is 0 Å². The maximum absolute atomic E-state index is 15.5. The van der Waals surface area contributed by atoms with E-state index in [1.165, 1.54) is 12.3 Å². The first-order valence-electron chi connectivity index (χ1n) is 16.3. The van der Waals surface area contributed by atoms with E-state index in [1.54, 1.807) is 36.3 Å². The van der Waals surface area contributed by atoms with Crippen molar-refractivity contribution in [1.29, 1.82) is 0 Å². The summed E-state index contributed by atoms with van der Waals surface area (Å²) in [6.07, 6.45) is 4.44. The molecule has 1 saturated carbocycles. The van der Waals surface area contributed by atoms with Crippen molar-refractivity contribution < 1.29 is 37.8 Å². The first-order valence-corrected chi connectivity index (χ1v) is 16.6. The van der Waals surface area contributed by atoms with Crippen LogP contribution in [-0.4, -0.2) is 90.3 Å². The predicted molar refractivity (Wildman–Crippen MR) is 174 cm³/mol. The molecule has 2 amide bonds. The summed E-state index contributed by atoms with van der Waals surface area (Å²) in [6, 6.07) is 9.54. The van der Waals surface area contributed by atoms with E-state index < -0.39 is 17.7 Å². The van der Waals surface area contributed by atoms with Gasteiger partial charge in [0, 0.05) is 38.2 Å². The number of anilines is 1. The number of para-hydroxylation sites is 1. The summed E-state index contributed by atoms with van der Waals surface area (Å²) in [7, 11) is 1.72. The van der Waals surface area contributed by atoms with Crippen molar-refractivity contribution in [2.45, 2.75) is 69.7 Å². The zero-order chi connectivity index (χ0) is 33.2. The molecule has 6 rings (SSSR count). The summed E-state index contributed by atoms with van der Waals surface area (Å²) in [5.74, 6) is -2.10. The van der Waals surface area contributed by atoms with Crippen LogP contribution in [0.15, 0.2) is 47.1 Å². The molecule has 2 N–H and O–H groups in total. The molecule has 0 spiro atoms. The molecule has 3 aliphatic rings. The van der Waals surface area contributed by atoms with Gasteiger partial charge in [0.2, 0.25) is 5.91 Å². The second-order valence-corrected chi connectivity index (χ2v) is 13.5. The number of furan rings is 1. The van der Waals surface area contributed by atoms with Gasteiger partial charge in [0.15, 0.2) is 0 Å². The number of hydrogen-bond acceptors (Lipinski definition) is 7. The number of rotatable bonds is 10. The monoisotopic (exact) mass is 669 g/mol. The number of hydrogen-bond donors (Lipinski definition) is 2. The Hall–Kier alpha value is -3.51. The Balaban J connectivity index is 1.13. The Morgan fingerprint density at radius 3 is 2.60 bits per heavy atom. The summed E-state index contributed by atoms with van der Waals surface area (Å²) in [5, 5.41) is 12.7. The summed E-state index contributed by atoms with van der Waals surface area (Å²) in [6.45, 7) is 4.63. The smallest absolute Gasteiger partial charge is 0.306 e. The number of nitrogens with one attached hydrogen (secondary N) is 1. The number of methoxy groups -OCH3 is 1. The number of ether oxygens (including phenoxy) is 2. The SMILES string of the molecule is CO[C@H]1CN([C@H]2C[C@@H](CO[C@H]3CC[C@H](C(=O)O)CC3)N(C(=O)Cc3cc(Cl)c(NC(=O)c4coc5ccccc45)cc3F)C2)C[C@@H]1C. The third kappa shape index (κ3) is 7.33. The van der Waals surface area contributed by atoms with Gasteiger partial charge < -0.3 is 29.2 Å². The van der Waals surface area contributed by atoms with Crippen LogP contribution in [0.4, 0.5) is 10.1 Å². The van der Waals surface area contributed by atoms with Gasteiger partial charge in [0.25, 0.3) is 5.91 Å². The number of fused-ring (bicyclic) bond motifs is 1. The van der Waals surface area contributed by atoms with Gasteiger partial charge in [0.05, 0.1) is 53.5 Å². The highest BCUT2D eigenvalue weighted by molar-refractivity contribution is 6.34. The van der Waals surface area contributed by atoms with Crippen LogP contribution in [0.5, 0.6) is 0 Å². The van der Waals surface area contributed by atoms with Crippen molar-refractivity contribution in [3.63, 3.8) is 0 Å². The molecule has 0 radical (unpaired) electrons. The lowest BCUT2D eigenvalue weighted by atomic mass is 9.87. The topological polar surface area (TPSA) is 122 Å². The van der Waals surface area contributed by atoms with E-state index in [1.807, 2.05) is 0 Å². The molecule has 1 aromatic heterocycles. The number of carboxylic acids is 1. The fraction of sp³-hybridized carbons (Fsp3) is 0.514. The number of amides is 2. The Kier molecular flexibility index (Phi) is 10.2. The van der Waals surface area contributed by atoms with E-state index in [0.29, 0.717) is 61.3 Å². The molecule has 3 fully saturated rings. The van der Waals surface area contributed by atoms with Crippen molar-refractivity contribution in [1.82, 2.24) is 9.80 Å². The third-order valence-corrected chi connectivity index (χ3v) is 10.4.